The van der Waals surface area contributed by atoms with Crippen LogP contribution in [0, 0.1) is 0 Å². The monoisotopic (exact) mass is 422 g/mol. The number of hydrogen-bond acceptors (Lipinski definition) is 8. The maximum atomic E-state index is 13.5. The highest BCUT2D eigenvalue weighted by Crippen LogP contribution is 2.49. The molecule has 0 aliphatic heterocycles. The van der Waals surface area contributed by atoms with Gasteiger partial charge in [0.2, 0.25) is 5.78 Å². The van der Waals surface area contributed by atoms with Gasteiger partial charge in [0.25, 0.3) is 0 Å². The van der Waals surface area contributed by atoms with Crippen molar-refractivity contribution in [3.05, 3.63) is 57.6 Å². The molecule has 31 heavy (non-hydrogen) atoms. The van der Waals surface area contributed by atoms with E-state index in [4.69, 9.17) is 4.74 Å². The molecule has 158 valence electrons. The van der Waals surface area contributed by atoms with Gasteiger partial charge >= 0.3 is 5.97 Å². The standard InChI is InChI=1S/C23H18O8/c1-8(2)10-7-12(25)15-16(14(10)23(30)31-3)22(29)17-18(21(15)28)20(27)13-9(19(17)26)5-4-6-11(13)24/h4-8,24-27H,1-3H3. The maximum absolute atomic E-state index is 13.5. The van der Waals surface area contributed by atoms with Gasteiger partial charge in [-0.3, -0.25) is 9.59 Å². The number of rotatable bonds is 2. The van der Waals surface area contributed by atoms with Gasteiger partial charge in [0, 0.05) is 5.39 Å². The average molecular weight is 422 g/mol. The van der Waals surface area contributed by atoms with Gasteiger partial charge < -0.3 is 25.2 Å². The van der Waals surface area contributed by atoms with Gasteiger partial charge in [-0.05, 0) is 23.6 Å². The van der Waals surface area contributed by atoms with Gasteiger partial charge in [-0.1, -0.05) is 26.0 Å². The van der Waals surface area contributed by atoms with E-state index in [9.17, 15) is 34.8 Å². The van der Waals surface area contributed by atoms with E-state index in [1.165, 1.54) is 24.3 Å². The summed E-state index contributed by atoms with van der Waals surface area (Å²) in [4.78, 5) is 39.4. The van der Waals surface area contributed by atoms with E-state index in [1.54, 1.807) is 13.8 Å². The largest absolute Gasteiger partial charge is 0.507 e. The van der Waals surface area contributed by atoms with Crippen molar-refractivity contribution >= 4 is 28.3 Å². The SMILES string of the molecule is COC(=O)c1c(C(C)C)cc(O)c2c1C(=O)c1c(c(O)c3c(O)cccc3c1O)C2=O. The van der Waals surface area contributed by atoms with Gasteiger partial charge in [-0.15, -0.1) is 0 Å². The summed E-state index contributed by atoms with van der Waals surface area (Å²) in [6, 6.07) is 5.22. The molecule has 0 aromatic heterocycles. The fourth-order valence-electron chi connectivity index (χ4n) is 4.10. The number of hydrogen-bond donors (Lipinski definition) is 4. The molecule has 8 heteroatoms. The van der Waals surface area contributed by atoms with E-state index in [1.807, 2.05) is 0 Å². The summed E-state index contributed by atoms with van der Waals surface area (Å²) >= 11 is 0. The molecule has 0 amide bonds. The van der Waals surface area contributed by atoms with Crippen molar-refractivity contribution in [3.63, 3.8) is 0 Å². The van der Waals surface area contributed by atoms with E-state index in [-0.39, 0.29) is 27.8 Å². The van der Waals surface area contributed by atoms with Crippen LogP contribution in [-0.4, -0.2) is 45.1 Å². The van der Waals surface area contributed by atoms with Crippen molar-refractivity contribution in [3.8, 4) is 23.0 Å². The second kappa shape index (κ2) is 6.73. The molecule has 0 heterocycles. The van der Waals surface area contributed by atoms with Crippen molar-refractivity contribution in [2.24, 2.45) is 0 Å². The molecular formula is C23H18O8. The minimum atomic E-state index is -0.972. The van der Waals surface area contributed by atoms with Crippen LogP contribution in [0.3, 0.4) is 0 Å². The summed E-state index contributed by atoms with van der Waals surface area (Å²) in [5.41, 5.74) is -1.86. The van der Waals surface area contributed by atoms with Crippen LogP contribution in [0.15, 0.2) is 24.3 Å². The van der Waals surface area contributed by atoms with Gasteiger partial charge in [-0.2, -0.15) is 0 Å². The predicted octanol–water partition coefficient (Wildman–Crippen LogP) is 3.35. The van der Waals surface area contributed by atoms with E-state index >= 15 is 0 Å². The Morgan fingerprint density at radius 1 is 0.871 bits per heavy atom. The molecule has 4 rings (SSSR count). The number of ketones is 2. The van der Waals surface area contributed by atoms with Gasteiger partial charge in [-0.25, -0.2) is 4.79 Å². The fraction of sp³-hybridized carbons (Fsp3) is 0.174. The lowest BCUT2D eigenvalue weighted by Crippen LogP contribution is -2.26. The first-order chi connectivity index (χ1) is 14.6. The van der Waals surface area contributed by atoms with Crippen LogP contribution in [0.1, 0.15) is 67.5 Å². The summed E-state index contributed by atoms with van der Waals surface area (Å²) in [6.45, 7) is 3.46. The summed E-state index contributed by atoms with van der Waals surface area (Å²) in [5, 5.41) is 42.0. The molecule has 4 N–H and O–H groups in total. The molecule has 8 nitrogen and oxygen atoms in total. The first-order valence-corrected chi connectivity index (χ1v) is 9.38. The van der Waals surface area contributed by atoms with Crippen LogP contribution in [0.4, 0.5) is 0 Å². The van der Waals surface area contributed by atoms with Gasteiger partial charge in [0.1, 0.15) is 23.0 Å². The third-order valence-electron chi connectivity index (χ3n) is 5.51. The zero-order valence-electron chi connectivity index (χ0n) is 16.8. The summed E-state index contributed by atoms with van der Waals surface area (Å²) in [5.74, 6) is -5.40. The second-order valence-electron chi connectivity index (χ2n) is 7.56. The van der Waals surface area contributed by atoms with E-state index in [0.717, 1.165) is 7.11 Å². The number of benzene rings is 3. The minimum Gasteiger partial charge on any atom is -0.507 e. The molecular weight excluding hydrogens is 404 g/mol. The number of methoxy groups -OCH3 is 1. The Labute approximate surface area is 175 Å². The molecule has 0 unspecified atom stereocenters. The van der Waals surface area contributed by atoms with Gasteiger partial charge in [0.15, 0.2) is 5.78 Å². The van der Waals surface area contributed by atoms with Crippen LogP contribution in [-0.2, 0) is 4.74 Å². The lowest BCUT2D eigenvalue weighted by molar-refractivity contribution is 0.0595. The molecule has 0 bridgehead atoms. The molecule has 0 radical (unpaired) electrons. The van der Waals surface area contributed by atoms with Crippen LogP contribution in [0.2, 0.25) is 0 Å². The maximum Gasteiger partial charge on any atom is 0.338 e. The molecule has 0 atom stereocenters. The Balaban J connectivity index is 2.20. The number of esters is 1. The Kier molecular flexibility index (Phi) is 4.39. The number of phenols is 4. The van der Waals surface area contributed by atoms with E-state index < -0.39 is 62.8 Å². The number of aromatic hydroxyl groups is 4. The van der Waals surface area contributed by atoms with Crippen LogP contribution in [0.5, 0.6) is 23.0 Å². The number of ether oxygens (including phenoxy) is 1. The molecule has 1 aliphatic rings. The van der Waals surface area contributed by atoms with Crippen molar-refractivity contribution < 1.29 is 39.5 Å². The van der Waals surface area contributed by atoms with Crippen LogP contribution >= 0.6 is 0 Å². The summed E-state index contributed by atoms with van der Waals surface area (Å²) in [7, 11) is 1.12. The minimum absolute atomic E-state index is 0.0512. The number of fused-ring (bicyclic) bond motifs is 3. The Morgan fingerprint density at radius 3 is 2.10 bits per heavy atom. The first-order valence-electron chi connectivity index (χ1n) is 9.38. The molecule has 3 aromatic carbocycles. The zero-order chi connectivity index (χ0) is 22.8. The van der Waals surface area contributed by atoms with Crippen LogP contribution in [0.25, 0.3) is 10.8 Å². The third-order valence-corrected chi connectivity index (χ3v) is 5.51. The first kappa shape index (κ1) is 20.2. The molecule has 0 fully saturated rings. The average Bonchev–Trinajstić information content (AvgIpc) is 2.72. The normalized spacial score (nSPS) is 12.8. The highest BCUT2D eigenvalue weighted by molar-refractivity contribution is 6.35. The fourth-order valence-corrected chi connectivity index (χ4v) is 4.10. The number of phenolic OH excluding ortho intramolecular Hbond substituents is 4. The summed E-state index contributed by atoms with van der Waals surface area (Å²) < 4.78 is 4.82. The third kappa shape index (κ3) is 2.58. The smallest absolute Gasteiger partial charge is 0.338 e. The lowest BCUT2D eigenvalue weighted by Gasteiger charge is -2.25. The lowest BCUT2D eigenvalue weighted by atomic mass is 9.76. The Morgan fingerprint density at radius 2 is 1.48 bits per heavy atom. The van der Waals surface area contributed by atoms with E-state index in [2.05, 4.69) is 0 Å². The molecule has 3 aromatic rings. The quantitative estimate of drug-likeness (QED) is 0.285. The zero-order valence-corrected chi connectivity index (χ0v) is 16.8. The number of carbonyl (C=O) groups is 3. The molecule has 1 aliphatic carbocycles. The number of carbonyl (C=O) groups excluding carboxylic acids is 3. The summed E-state index contributed by atoms with van der Waals surface area (Å²) in [6.07, 6.45) is 0. The van der Waals surface area contributed by atoms with Gasteiger partial charge in [0.05, 0.1) is 40.3 Å². The molecule has 0 saturated heterocycles. The van der Waals surface area contributed by atoms with Crippen molar-refractivity contribution in [2.45, 2.75) is 19.8 Å². The van der Waals surface area contributed by atoms with Crippen molar-refractivity contribution in [1.82, 2.24) is 0 Å². The Bertz CT molecular complexity index is 1330. The highest BCUT2D eigenvalue weighted by atomic mass is 16.5. The predicted molar refractivity (Wildman–Crippen MR) is 109 cm³/mol. The van der Waals surface area contributed by atoms with E-state index in [0.29, 0.717) is 0 Å². The topological polar surface area (TPSA) is 141 Å². The highest BCUT2D eigenvalue weighted by Gasteiger charge is 2.42. The van der Waals surface area contributed by atoms with Crippen molar-refractivity contribution in [1.29, 1.82) is 0 Å². The van der Waals surface area contributed by atoms with Crippen LogP contribution < -0.4 is 0 Å². The molecule has 0 saturated carbocycles. The Hall–Kier alpha value is -4.07. The molecule has 0 spiro atoms. The van der Waals surface area contributed by atoms with Crippen molar-refractivity contribution in [2.75, 3.05) is 7.11 Å². The second-order valence-corrected chi connectivity index (χ2v) is 7.56.